The molecule has 0 atom stereocenters. The van der Waals surface area contributed by atoms with Crippen molar-refractivity contribution in [3.63, 3.8) is 0 Å². The number of anilines is 1. The minimum absolute atomic E-state index is 0.0230. The predicted molar refractivity (Wildman–Crippen MR) is 125 cm³/mol. The van der Waals surface area contributed by atoms with Gasteiger partial charge in [-0.15, -0.1) is 5.10 Å². The summed E-state index contributed by atoms with van der Waals surface area (Å²) in [5.41, 5.74) is 10.7. The van der Waals surface area contributed by atoms with E-state index in [1.807, 2.05) is 6.20 Å². The van der Waals surface area contributed by atoms with E-state index in [1.165, 1.54) is 11.1 Å². The number of rotatable bonds is 8. The van der Waals surface area contributed by atoms with Gasteiger partial charge in [-0.2, -0.15) is 0 Å². The van der Waals surface area contributed by atoms with Gasteiger partial charge in [-0.25, -0.2) is 14.6 Å². The third-order valence-electron chi connectivity index (χ3n) is 6.41. The summed E-state index contributed by atoms with van der Waals surface area (Å²) in [4.78, 5) is 34.7. The lowest BCUT2D eigenvalue weighted by molar-refractivity contribution is -0.133. The third-order valence-corrected chi connectivity index (χ3v) is 6.41. The molecule has 2 aromatic heterocycles. The zero-order valence-corrected chi connectivity index (χ0v) is 19.0. The minimum atomic E-state index is -0.330. The Morgan fingerprint density at radius 1 is 1.15 bits per heavy atom. The lowest BCUT2D eigenvalue weighted by atomic mass is 10.1. The number of primary amides is 1. The normalized spacial score (nSPS) is 15.1. The van der Waals surface area contributed by atoms with Crippen molar-refractivity contribution in [1.82, 2.24) is 29.9 Å². The highest BCUT2D eigenvalue weighted by molar-refractivity contribution is 5.76. The summed E-state index contributed by atoms with van der Waals surface area (Å²) in [5, 5.41) is 11.6. The number of nitrogens with zero attached hydrogens (tertiary/aromatic N) is 6. The second-order valence-corrected chi connectivity index (χ2v) is 8.98. The van der Waals surface area contributed by atoms with E-state index in [4.69, 9.17) is 10.7 Å². The van der Waals surface area contributed by atoms with Crippen LogP contribution < -0.4 is 11.1 Å². The Balaban J connectivity index is 1.14. The monoisotopic (exact) mass is 460 g/mol. The van der Waals surface area contributed by atoms with Gasteiger partial charge in [-0.1, -0.05) is 29.5 Å². The summed E-state index contributed by atoms with van der Waals surface area (Å²) < 4.78 is 1.54. The molecule has 2 amide bonds. The molecule has 3 N–H and O–H groups in total. The molecule has 3 aromatic rings. The van der Waals surface area contributed by atoms with Gasteiger partial charge in [0.2, 0.25) is 17.8 Å². The summed E-state index contributed by atoms with van der Waals surface area (Å²) in [6, 6.07) is 8.83. The highest BCUT2D eigenvalue weighted by Gasteiger charge is 2.25. The van der Waals surface area contributed by atoms with Crippen LogP contribution in [0.4, 0.5) is 5.95 Å². The van der Waals surface area contributed by atoms with Crippen molar-refractivity contribution in [2.45, 2.75) is 57.7 Å². The number of fused-ring (bicyclic) bond motifs is 2. The van der Waals surface area contributed by atoms with Gasteiger partial charge in [0.15, 0.2) is 0 Å². The van der Waals surface area contributed by atoms with E-state index in [9.17, 15) is 9.59 Å². The molecule has 5 rings (SSSR count). The molecule has 1 aromatic carbocycles. The van der Waals surface area contributed by atoms with E-state index in [0.29, 0.717) is 50.8 Å². The Labute approximate surface area is 197 Å². The number of aryl methyl sites for hydroxylation is 1. The number of amides is 2. The van der Waals surface area contributed by atoms with Gasteiger partial charge in [-0.05, 0) is 36.8 Å². The Morgan fingerprint density at radius 3 is 2.71 bits per heavy atom. The van der Waals surface area contributed by atoms with Crippen LogP contribution in [0.25, 0.3) is 0 Å². The van der Waals surface area contributed by atoms with Crippen molar-refractivity contribution < 1.29 is 9.59 Å². The molecule has 2 aliphatic rings. The molecule has 0 bridgehead atoms. The van der Waals surface area contributed by atoms with Crippen LogP contribution in [-0.4, -0.2) is 54.3 Å². The van der Waals surface area contributed by atoms with Crippen molar-refractivity contribution in [2.24, 2.45) is 5.73 Å². The van der Waals surface area contributed by atoms with E-state index < -0.39 is 0 Å². The lowest BCUT2D eigenvalue weighted by Gasteiger charge is -2.28. The molecule has 0 spiro atoms. The maximum atomic E-state index is 12.8. The van der Waals surface area contributed by atoms with E-state index >= 15 is 0 Å². The van der Waals surface area contributed by atoms with Gasteiger partial charge in [0.05, 0.1) is 11.4 Å². The molecule has 1 aliphatic heterocycles. The van der Waals surface area contributed by atoms with Crippen molar-refractivity contribution in [3.05, 3.63) is 64.7 Å². The molecule has 0 saturated heterocycles. The number of hydrogen-bond donors (Lipinski definition) is 2. The standard InChI is InChI=1S/C24H28N8O2/c25-22(33)7-3-6-19-14-32(30-29-19)15-23(34)31-9-8-21-18(13-31)12-26-24(28-21)27-20-10-16-4-1-2-5-17(16)11-20/h1-2,4-5,12,14,20H,3,6-11,13,15H2,(H2,25,33)(H,26,27,28). The molecule has 1 aliphatic carbocycles. The number of carbonyl (C=O) groups is 2. The number of aromatic nitrogens is 5. The van der Waals surface area contributed by atoms with Crippen LogP contribution in [0, 0.1) is 0 Å². The van der Waals surface area contributed by atoms with E-state index in [1.54, 1.807) is 15.8 Å². The molecule has 0 saturated carbocycles. The molecule has 10 heteroatoms. The fourth-order valence-electron chi connectivity index (χ4n) is 4.65. The predicted octanol–water partition coefficient (Wildman–Crippen LogP) is 1.04. The first-order chi connectivity index (χ1) is 16.5. The van der Waals surface area contributed by atoms with Crippen LogP contribution >= 0.6 is 0 Å². The number of benzene rings is 1. The smallest absolute Gasteiger partial charge is 0.244 e. The van der Waals surface area contributed by atoms with Crippen molar-refractivity contribution in [3.8, 4) is 0 Å². The topological polar surface area (TPSA) is 132 Å². The Morgan fingerprint density at radius 2 is 1.94 bits per heavy atom. The van der Waals surface area contributed by atoms with Crippen LogP contribution in [0.3, 0.4) is 0 Å². The zero-order valence-electron chi connectivity index (χ0n) is 19.0. The Bertz CT molecular complexity index is 1180. The second kappa shape index (κ2) is 9.58. The first-order valence-electron chi connectivity index (χ1n) is 11.7. The summed E-state index contributed by atoms with van der Waals surface area (Å²) in [6.45, 7) is 1.22. The molecule has 0 radical (unpaired) electrons. The average molecular weight is 461 g/mol. The van der Waals surface area contributed by atoms with Crippen LogP contribution in [0.1, 0.15) is 40.9 Å². The van der Waals surface area contributed by atoms with Crippen molar-refractivity contribution in [2.75, 3.05) is 11.9 Å². The molecule has 0 unspecified atom stereocenters. The summed E-state index contributed by atoms with van der Waals surface area (Å²) >= 11 is 0. The highest BCUT2D eigenvalue weighted by atomic mass is 16.2. The second-order valence-electron chi connectivity index (χ2n) is 8.98. The number of carbonyl (C=O) groups excluding carboxylic acids is 2. The molecule has 10 nitrogen and oxygen atoms in total. The zero-order chi connectivity index (χ0) is 23.5. The summed E-state index contributed by atoms with van der Waals surface area (Å²) in [5.74, 6) is 0.303. The quantitative estimate of drug-likeness (QED) is 0.513. The molecule has 3 heterocycles. The van der Waals surface area contributed by atoms with Crippen molar-refractivity contribution >= 4 is 17.8 Å². The lowest BCUT2D eigenvalue weighted by Crippen LogP contribution is -2.38. The molecule has 34 heavy (non-hydrogen) atoms. The average Bonchev–Trinajstić information content (AvgIpc) is 3.44. The first kappa shape index (κ1) is 22.0. The van der Waals surface area contributed by atoms with Gasteiger partial charge < -0.3 is 16.0 Å². The SMILES string of the molecule is NC(=O)CCCc1cn(CC(=O)N2CCc3nc(NC4Cc5ccccc5C4)ncc3C2)nn1. The van der Waals surface area contributed by atoms with Crippen LogP contribution in [0.5, 0.6) is 0 Å². The van der Waals surface area contributed by atoms with Gasteiger partial charge in [0.25, 0.3) is 0 Å². The van der Waals surface area contributed by atoms with Gasteiger partial charge in [0, 0.05) is 49.9 Å². The van der Waals surface area contributed by atoms with Gasteiger partial charge in [-0.3, -0.25) is 9.59 Å². The van der Waals surface area contributed by atoms with Crippen LogP contribution in [0.2, 0.25) is 0 Å². The first-order valence-corrected chi connectivity index (χ1v) is 11.7. The van der Waals surface area contributed by atoms with Crippen LogP contribution in [-0.2, 0) is 48.4 Å². The number of hydrogen-bond acceptors (Lipinski definition) is 7. The maximum Gasteiger partial charge on any atom is 0.244 e. The largest absolute Gasteiger partial charge is 0.370 e. The Kier molecular flexibility index (Phi) is 6.20. The van der Waals surface area contributed by atoms with E-state index in [-0.39, 0.29) is 18.4 Å². The maximum absolute atomic E-state index is 12.8. The third kappa shape index (κ3) is 5.05. The fourth-order valence-corrected chi connectivity index (χ4v) is 4.65. The molecule has 0 fully saturated rings. The molecule has 176 valence electrons. The van der Waals surface area contributed by atoms with Gasteiger partial charge in [0.1, 0.15) is 6.54 Å². The van der Waals surface area contributed by atoms with E-state index in [2.05, 4.69) is 44.9 Å². The fraction of sp³-hybridized carbons (Fsp3) is 0.417. The minimum Gasteiger partial charge on any atom is -0.370 e. The van der Waals surface area contributed by atoms with E-state index in [0.717, 1.165) is 29.8 Å². The Hall–Kier alpha value is -3.82. The summed E-state index contributed by atoms with van der Waals surface area (Å²) in [7, 11) is 0. The molecular weight excluding hydrogens is 432 g/mol. The highest BCUT2D eigenvalue weighted by Crippen LogP contribution is 2.24. The number of nitrogens with one attached hydrogen (secondary N) is 1. The summed E-state index contributed by atoms with van der Waals surface area (Å²) in [6.07, 6.45) is 7.77. The van der Waals surface area contributed by atoms with Gasteiger partial charge >= 0.3 is 0 Å². The van der Waals surface area contributed by atoms with Crippen LogP contribution in [0.15, 0.2) is 36.7 Å². The molecular formula is C24H28N8O2. The van der Waals surface area contributed by atoms with Crippen molar-refractivity contribution in [1.29, 1.82) is 0 Å². The number of nitrogens with two attached hydrogens (primary N) is 1.